The van der Waals surface area contributed by atoms with Gasteiger partial charge in [0.1, 0.15) is 0 Å². The van der Waals surface area contributed by atoms with Gasteiger partial charge in [-0.15, -0.1) is 6.42 Å². The monoisotopic (exact) mass is 209 g/mol. The molecule has 0 amide bonds. The fraction of sp³-hybridized carbons (Fsp3) is 0.857. The molecule has 0 radical (unpaired) electrons. The summed E-state index contributed by atoms with van der Waals surface area (Å²) in [6.07, 6.45) is 18.4. The van der Waals surface area contributed by atoms with Gasteiger partial charge in [0, 0.05) is 0 Å². The lowest BCUT2D eigenvalue weighted by Gasteiger charge is -2.04. The van der Waals surface area contributed by atoms with Gasteiger partial charge in [0.15, 0.2) is 0 Å². The molecular formula is C14H27N. The van der Waals surface area contributed by atoms with Gasteiger partial charge in [0.2, 0.25) is 0 Å². The second-order valence-corrected chi connectivity index (χ2v) is 4.39. The molecule has 0 aromatic carbocycles. The Morgan fingerprint density at radius 2 is 1.40 bits per heavy atom. The normalized spacial score (nSPS) is 12.3. The number of terminal acetylenes is 1. The molecule has 88 valence electrons. The van der Waals surface area contributed by atoms with Crippen molar-refractivity contribution in [3.05, 3.63) is 0 Å². The first kappa shape index (κ1) is 14.5. The van der Waals surface area contributed by atoms with Gasteiger partial charge in [-0.1, -0.05) is 70.6 Å². The number of nitrogens with two attached hydrogens (primary N) is 1. The van der Waals surface area contributed by atoms with Crippen LogP contribution >= 0.6 is 0 Å². The standard InChI is InChI=1S/C14H27N/c1-3-5-6-7-8-9-10-11-12-13-14(15)4-2/h2,14H,3,5-13,15H2,1H3. The van der Waals surface area contributed by atoms with E-state index < -0.39 is 0 Å². The van der Waals surface area contributed by atoms with Crippen LogP contribution in [0.3, 0.4) is 0 Å². The zero-order valence-corrected chi connectivity index (χ0v) is 10.3. The maximum Gasteiger partial charge on any atom is 0.0661 e. The summed E-state index contributed by atoms with van der Waals surface area (Å²) in [5, 5.41) is 0. The van der Waals surface area contributed by atoms with Gasteiger partial charge in [0.05, 0.1) is 6.04 Å². The van der Waals surface area contributed by atoms with Crippen molar-refractivity contribution in [2.75, 3.05) is 0 Å². The van der Waals surface area contributed by atoms with Gasteiger partial charge < -0.3 is 5.73 Å². The van der Waals surface area contributed by atoms with Crippen molar-refractivity contribution in [1.29, 1.82) is 0 Å². The predicted octanol–water partition coefficient (Wildman–Crippen LogP) is 3.87. The van der Waals surface area contributed by atoms with Crippen molar-refractivity contribution in [3.8, 4) is 12.3 Å². The fourth-order valence-corrected chi connectivity index (χ4v) is 1.76. The second kappa shape index (κ2) is 11.6. The quantitative estimate of drug-likeness (QED) is 0.429. The third-order valence-electron chi connectivity index (χ3n) is 2.83. The van der Waals surface area contributed by atoms with Crippen LogP contribution in [0.5, 0.6) is 0 Å². The Kier molecular flexibility index (Phi) is 11.2. The summed E-state index contributed by atoms with van der Waals surface area (Å²) >= 11 is 0. The second-order valence-electron chi connectivity index (χ2n) is 4.39. The first-order valence-corrected chi connectivity index (χ1v) is 6.53. The molecule has 15 heavy (non-hydrogen) atoms. The SMILES string of the molecule is C#CC(N)CCCCCCCCCCC. The topological polar surface area (TPSA) is 26.0 Å². The first-order chi connectivity index (χ1) is 7.31. The van der Waals surface area contributed by atoms with Crippen molar-refractivity contribution in [3.63, 3.8) is 0 Å². The molecule has 1 unspecified atom stereocenters. The van der Waals surface area contributed by atoms with Crippen LogP contribution in [-0.2, 0) is 0 Å². The number of unbranched alkanes of at least 4 members (excludes halogenated alkanes) is 8. The van der Waals surface area contributed by atoms with Crippen molar-refractivity contribution in [1.82, 2.24) is 0 Å². The number of rotatable bonds is 10. The molecule has 1 heteroatoms. The minimum atomic E-state index is -0.0189. The van der Waals surface area contributed by atoms with Gasteiger partial charge in [-0.05, 0) is 6.42 Å². The van der Waals surface area contributed by atoms with Crippen LogP contribution in [0.4, 0.5) is 0 Å². The van der Waals surface area contributed by atoms with E-state index in [1.165, 1.54) is 57.8 Å². The third-order valence-corrected chi connectivity index (χ3v) is 2.83. The summed E-state index contributed by atoms with van der Waals surface area (Å²) in [5.41, 5.74) is 5.63. The summed E-state index contributed by atoms with van der Waals surface area (Å²) in [5.74, 6) is 2.57. The minimum Gasteiger partial charge on any atom is -0.318 e. The van der Waals surface area contributed by atoms with Gasteiger partial charge >= 0.3 is 0 Å². The Bertz CT molecular complexity index is 157. The molecule has 0 heterocycles. The van der Waals surface area contributed by atoms with E-state index in [2.05, 4.69) is 12.8 Å². The van der Waals surface area contributed by atoms with E-state index in [0.717, 1.165) is 6.42 Å². The summed E-state index contributed by atoms with van der Waals surface area (Å²) < 4.78 is 0. The highest BCUT2D eigenvalue weighted by Crippen LogP contribution is 2.10. The molecule has 2 N–H and O–H groups in total. The summed E-state index contributed by atoms with van der Waals surface area (Å²) in [6.45, 7) is 2.26. The maximum absolute atomic E-state index is 5.63. The summed E-state index contributed by atoms with van der Waals surface area (Å²) in [6, 6.07) is -0.0189. The van der Waals surface area contributed by atoms with Gasteiger partial charge in [-0.2, -0.15) is 0 Å². The minimum absolute atomic E-state index is 0.0189. The Morgan fingerprint density at radius 1 is 0.933 bits per heavy atom. The molecular weight excluding hydrogens is 182 g/mol. The largest absolute Gasteiger partial charge is 0.318 e. The van der Waals surface area contributed by atoms with Gasteiger partial charge in [0.25, 0.3) is 0 Å². The van der Waals surface area contributed by atoms with Crippen molar-refractivity contribution in [2.24, 2.45) is 5.73 Å². The van der Waals surface area contributed by atoms with Crippen LogP contribution in [-0.4, -0.2) is 6.04 Å². The molecule has 0 saturated heterocycles. The molecule has 0 aromatic heterocycles. The van der Waals surface area contributed by atoms with E-state index in [4.69, 9.17) is 12.2 Å². The highest BCUT2D eigenvalue weighted by molar-refractivity contribution is 4.95. The van der Waals surface area contributed by atoms with Gasteiger partial charge in [-0.25, -0.2) is 0 Å². The molecule has 1 nitrogen and oxygen atoms in total. The fourth-order valence-electron chi connectivity index (χ4n) is 1.76. The van der Waals surface area contributed by atoms with Crippen LogP contribution in [0.1, 0.15) is 71.1 Å². The molecule has 0 rings (SSSR count). The van der Waals surface area contributed by atoms with Crippen molar-refractivity contribution >= 4 is 0 Å². The number of hydrogen-bond donors (Lipinski definition) is 1. The van der Waals surface area contributed by atoms with Crippen molar-refractivity contribution in [2.45, 2.75) is 77.2 Å². The Labute approximate surface area is 95.8 Å². The molecule has 1 atom stereocenters. The molecule has 0 aromatic rings. The molecule has 0 saturated carbocycles. The maximum atomic E-state index is 5.63. The Morgan fingerprint density at radius 3 is 1.87 bits per heavy atom. The van der Waals surface area contributed by atoms with E-state index in [1.54, 1.807) is 0 Å². The smallest absolute Gasteiger partial charge is 0.0661 e. The van der Waals surface area contributed by atoms with E-state index in [-0.39, 0.29) is 6.04 Å². The zero-order valence-electron chi connectivity index (χ0n) is 10.3. The van der Waals surface area contributed by atoms with Crippen LogP contribution in [0.25, 0.3) is 0 Å². The van der Waals surface area contributed by atoms with Crippen LogP contribution < -0.4 is 5.73 Å². The molecule has 0 fully saturated rings. The molecule has 0 aliphatic rings. The highest BCUT2D eigenvalue weighted by Gasteiger charge is 1.96. The lowest BCUT2D eigenvalue weighted by molar-refractivity contribution is 0.549. The van der Waals surface area contributed by atoms with Crippen LogP contribution in [0.15, 0.2) is 0 Å². The van der Waals surface area contributed by atoms with Gasteiger partial charge in [-0.3, -0.25) is 0 Å². The van der Waals surface area contributed by atoms with E-state index in [1.807, 2.05) is 0 Å². The van der Waals surface area contributed by atoms with E-state index in [0.29, 0.717) is 0 Å². The summed E-state index contributed by atoms with van der Waals surface area (Å²) in [7, 11) is 0. The lowest BCUT2D eigenvalue weighted by Crippen LogP contribution is -2.16. The summed E-state index contributed by atoms with van der Waals surface area (Å²) in [4.78, 5) is 0. The molecule has 0 aliphatic carbocycles. The lowest BCUT2D eigenvalue weighted by atomic mass is 10.0. The van der Waals surface area contributed by atoms with E-state index >= 15 is 0 Å². The Hall–Kier alpha value is -0.480. The zero-order chi connectivity index (χ0) is 11.4. The van der Waals surface area contributed by atoms with Crippen LogP contribution in [0.2, 0.25) is 0 Å². The molecule has 0 bridgehead atoms. The average molecular weight is 209 g/mol. The molecule has 0 aliphatic heterocycles. The van der Waals surface area contributed by atoms with E-state index in [9.17, 15) is 0 Å². The molecule has 0 spiro atoms. The highest BCUT2D eigenvalue weighted by atomic mass is 14.6. The third kappa shape index (κ3) is 11.4. The first-order valence-electron chi connectivity index (χ1n) is 6.53. The number of hydrogen-bond acceptors (Lipinski definition) is 1. The predicted molar refractivity (Wildman–Crippen MR) is 68.7 cm³/mol. The van der Waals surface area contributed by atoms with Crippen LogP contribution in [0, 0.1) is 12.3 Å². The van der Waals surface area contributed by atoms with Crippen molar-refractivity contribution < 1.29 is 0 Å². The average Bonchev–Trinajstić information content (AvgIpc) is 2.26. The Balaban J connectivity index is 2.96.